The van der Waals surface area contributed by atoms with Crippen LogP contribution in [0.5, 0.6) is 5.75 Å². The molecular formula is C27H28ClN3O7. The van der Waals surface area contributed by atoms with Gasteiger partial charge in [0.15, 0.2) is 0 Å². The Morgan fingerprint density at radius 2 is 1.76 bits per heavy atom. The Morgan fingerprint density at radius 3 is 2.42 bits per heavy atom. The van der Waals surface area contributed by atoms with Crippen molar-refractivity contribution >= 4 is 29.2 Å². The molecule has 0 amide bonds. The minimum absolute atomic E-state index is 0.0598. The van der Waals surface area contributed by atoms with Crippen molar-refractivity contribution in [2.75, 3.05) is 12.0 Å². The molecule has 0 spiro atoms. The van der Waals surface area contributed by atoms with Gasteiger partial charge in [0.2, 0.25) is 0 Å². The number of rotatable bonds is 9. The highest BCUT2D eigenvalue weighted by molar-refractivity contribution is 6.31. The zero-order valence-corrected chi connectivity index (χ0v) is 21.2. The van der Waals surface area contributed by atoms with Crippen molar-refractivity contribution in [2.45, 2.75) is 43.9 Å². The smallest absolute Gasteiger partial charge is 0.269 e. The number of nitrogens with zero attached hydrogens (tertiary/aromatic N) is 2. The lowest BCUT2D eigenvalue weighted by Crippen LogP contribution is -2.54. The Balaban J connectivity index is 1.48. The topological polar surface area (TPSA) is 147 Å². The molecule has 0 aromatic heterocycles. The van der Waals surface area contributed by atoms with Gasteiger partial charge in [0.1, 0.15) is 36.3 Å². The third-order valence-electron chi connectivity index (χ3n) is 6.17. The molecule has 3 aromatic rings. The summed E-state index contributed by atoms with van der Waals surface area (Å²) in [5, 5.41) is 47.0. The van der Waals surface area contributed by atoms with Crippen LogP contribution in [-0.4, -0.2) is 57.5 Å². The van der Waals surface area contributed by atoms with Crippen molar-refractivity contribution in [1.29, 1.82) is 0 Å². The summed E-state index contributed by atoms with van der Waals surface area (Å²) in [5.74, 6) is 0.776. The maximum Gasteiger partial charge on any atom is 0.269 e. The van der Waals surface area contributed by atoms with Crippen LogP contribution in [0.15, 0.2) is 71.8 Å². The molecule has 1 heterocycles. The van der Waals surface area contributed by atoms with E-state index in [9.17, 15) is 25.4 Å². The standard InChI is InChI=1S/C27H28ClN3O7/c1-2-37-21-10-3-16(4-11-21)13-18-14-17(5-12-22(18)28)27-26(34)25(33)24(32)23(38-27)15-29-30-19-6-8-20(9-7-19)31(35)36/h3-12,14-15,23-27,30,32-34H,2,13H2,1H3/b29-15+/t23-,24-,25+,26-,27+/m1/s1. The zero-order valence-electron chi connectivity index (χ0n) is 20.5. The van der Waals surface area contributed by atoms with Crippen molar-refractivity contribution in [1.82, 2.24) is 0 Å². The quantitative estimate of drug-likeness (QED) is 0.181. The molecule has 0 radical (unpaired) electrons. The van der Waals surface area contributed by atoms with Gasteiger partial charge in [-0.05, 0) is 60.4 Å². The number of anilines is 1. The average molecular weight is 542 g/mol. The van der Waals surface area contributed by atoms with Crippen molar-refractivity contribution in [3.63, 3.8) is 0 Å². The second kappa shape index (κ2) is 12.3. The van der Waals surface area contributed by atoms with Gasteiger partial charge in [-0.1, -0.05) is 35.9 Å². The molecule has 10 nitrogen and oxygen atoms in total. The number of nitrogens with one attached hydrogen (secondary N) is 1. The van der Waals surface area contributed by atoms with E-state index in [0.29, 0.717) is 29.3 Å². The second-order valence-electron chi connectivity index (χ2n) is 8.79. The number of aliphatic hydroxyl groups excluding tert-OH is 3. The largest absolute Gasteiger partial charge is 0.494 e. The van der Waals surface area contributed by atoms with Crippen LogP contribution in [0.25, 0.3) is 0 Å². The Bertz CT molecular complexity index is 1270. The summed E-state index contributed by atoms with van der Waals surface area (Å²) in [5.41, 5.74) is 5.51. The molecule has 1 fully saturated rings. The molecule has 0 saturated carbocycles. The summed E-state index contributed by atoms with van der Waals surface area (Å²) >= 11 is 6.45. The molecule has 4 N–H and O–H groups in total. The van der Waals surface area contributed by atoms with E-state index in [1.165, 1.54) is 30.5 Å². The van der Waals surface area contributed by atoms with Gasteiger partial charge in [-0.15, -0.1) is 0 Å². The third kappa shape index (κ3) is 6.47. The van der Waals surface area contributed by atoms with Gasteiger partial charge in [0.05, 0.1) is 23.4 Å². The first-order valence-corrected chi connectivity index (χ1v) is 12.4. The van der Waals surface area contributed by atoms with Gasteiger partial charge in [0.25, 0.3) is 5.69 Å². The van der Waals surface area contributed by atoms with E-state index >= 15 is 0 Å². The Kier molecular flexibility index (Phi) is 8.93. The number of non-ortho nitro benzene ring substituents is 1. The first-order valence-electron chi connectivity index (χ1n) is 12.0. The molecule has 1 aliphatic heterocycles. The average Bonchev–Trinajstić information content (AvgIpc) is 2.91. The number of benzene rings is 3. The van der Waals surface area contributed by atoms with Crippen LogP contribution in [0.3, 0.4) is 0 Å². The molecule has 0 bridgehead atoms. The van der Waals surface area contributed by atoms with E-state index in [4.69, 9.17) is 21.1 Å². The second-order valence-corrected chi connectivity index (χ2v) is 9.20. The lowest BCUT2D eigenvalue weighted by molar-refractivity contribution is -0.384. The summed E-state index contributed by atoms with van der Waals surface area (Å²) in [7, 11) is 0. The fraction of sp³-hybridized carbons (Fsp3) is 0.296. The molecule has 3 aromatic carbocycles. The van der Waals surface area contributed by atoms with Crippen LogP contribution in [0.4, 0.5) is 11.4 Å². The summed E-state index contributed by atoms with van der Waals surface area (Å²) in [6.45, 7) is 2.50. The fourth-order valence-corrected chi connectivity index (χ4v) is 4.33. The van der Waals surface area contributed by atoms with Crippen LogP contribution in [-0.2, 0) is 11.2 Å². The number of hydrogen-bond donors (Lipinski definition) is 4. The number of nitro groups is 1. The number of hydrazone groups is 1. The van der Waals surface area contributed by atoms with Crippen LogP contribution < -0.4 is 10.2 Å². The minimum Gasteiger partial charge on any atom is -0.494 e. The molecule has 38 heavy (non-hydrogen) atoms. The molecule has 1 aliphatic rings. The maximum absolute atomic E-state index is 10.8. The Hall–Kier alpha value is -3.54. The minimum atomic E-state index is -1.49. The predicted molar refractivity (Wildman–Crippen MR) is 143 cm³/mol. The summed E-state index contributed by atoms with van der Waals surface area (Å²) < 4.78 is 11.4. The number of aliphatic hydroxyl groups is 3. The molecule has 0 aliphatic carbocycles. The molecular weight excluding hydrogens is 514 g/mol. The third-order valence-corrected chi connectivity index (χ3v) is 6.54. The molecule has 0 unspecified atom stereocenters. The first kappa shape index (κ1) is 27.5. The number of halogens is 1. The SMILES string of the molecule is CCOc1ccc(Cc2cc([C@@H]3O[C@H](/C=N/Nc4ccc([N+](=O)[O-])cc4)[C@@H](O)[C@H](O)[C@H]3O)ccc2Cl)cc1. The molecule has 11 heteroatoms. The highest BCUT2D eigenvalue weighted by Gasteiger charge is 2.43. The Labute approximate surface area is 224 Å². The van der Waals surface area contributed by atoms with Crippen LogP contribution in [0, 0.1) is 10.1 Å². The fourth-order valence-electron chi connectivity index (χ4n) is 4.14. The summed E-state index contributed by atoms with van der Waals surface area (Å²) in [6, 6.07) is 18.5. The first-order chi connectivity index (χ1) is 18.3. The van der Waals surface area contributed by atoms with E-state index in [-0.39, 0.29) is 5.69 Å². The van der Waals surface area contributed by atoms with E-state index in [0.717, 1.165) is 16.9 Å². The molecule has 1 saturated heterocycles. The molecule has 5 atom stereocenters. The summed E-state index contributed by atoms with van der Waals surface area (Å²) in [6.07, 6.45) is -4.53. The zero-order chi connectivity index (χ0) is 27.2. The predicted octanol–water partition coefficient (Wildman–Crippen LogP) is 3.86. The number of ether oxygens (including phenoxy) is 2. The monoisotopic (exact) mass is 541 g/mol. The summed E-state index contributed by atoms with van der Waals surface area (Å²) in [4.78, 5) is 10.3. The van der Waals surface area contributed by atoms with Crippen molar-refractivity contribution in [2.24, 2.45) is 5.10 Å². The highest BCUT2D eigenvalue weighted by Crippen LogP contribution is 2.34. The lowest BCUT2D eigenvalue weighted by Gasteiger charge is -2.39. The van der Waals surface area contributed by atoms with E-state index in [1.54, 1.807) is 18.2 Å². The Morgan fingerprint density at radius 1 is 1.05 bits per heavy atom. The number of nitro benzene ring substituents is 1. The van der Waals surface area contributed by atoms with Crippen molar-refractivity contribution in [3.05, 3.63) is 98.6 Å². The van der Waals surface area contributed by atoms with Gasteiger partial charge in [-0.25, -0.2) is 0 Å². The van der Waals surface area contributed by atoms with Crippen LogP contribution in [0.1, 0.15) is 29.7 Å². The lowest BCUT2D eigenvalue weighted by atomic mass is 9.90. The molecule has 4 rings (SSSR count). The van der Waals surface area contributed by atoms with Crippen molar-refractivity contribution < 1.29 is 29.7 Å². The van der Waals surface area contributed by atoms with Gasteiger partial charge >= 0.3 is 0 Å². The van der Waals surface area contributed by atoms with Gasteiger partial charge < -0.3 is 24.8 Å². The molecule has 200 valence electrons. The van der Waals surface area contributed by atoms with Gasteiger partial charge in [-0.3, -0.25) is 15.5 Å². The van der Waals surface area contributed by atoms with E-state index < -0.39 is 35.4 Å². The van der Waals surface area contributed by atoms with E-state index in [2.05, 4.69) is 10.5 Å². The van der Waals surface area contributed by atoms with Crippen LogP contribution >= 0.6 is 11.6 Å². The van der Waals surface area contributed by atoms with Gasteiger partial charge in [-0.2, -0.15) is 5.10 Å². The number of hydrogen-bond acceptors (Lipinski definition) is 9. The van der Waals surface area contributed by atoms with E-state index in [1.807, 2.05) is 31.2 Å². The van der Waals surface area contributed by atoms with Crippen molar-refractivity contribution in [3.8, 4) is 5.75 Å². The van der Waals surface area contributed by atoms with Crippen LogP contribution in [0.2, 0.25) is 5.02 Å². The highest BCUT2D eigenvalue weighted by atomic mass is 35.5. The maximum atomic E-state index is 10.8. The van der Waals surface area contributed by atoms with Gasteiger partial charge in [0, 0.05) is 17.2 Å². The normalized spacial score (nSPS) is 23.3.